The molecule has 0 atom stereocenters. The van der Waals surface area contributed by atoms with Crippen LogP contribution in [0.5, 0.6) is 0 Å². The molecule has 5 heteroatoms. The number of likely N-dealkylation sites (N-methyl/N-ethyl adjacent to an activating group) is 1. The second-order valence-corrected chi connectivity index (χ2v) is 6.99. The van der Waals surface area contributed by atoms with Crippen molar-refractivity contribution < 1.29 is 4.79 Å². The Morgan fingerprint density at radius 3 is 2.43 bits per heavy atom. The Bertz CT molecular complexity index is 698. The van der Waals surface area contributed by atoms with Gasteiger partial charge in [0.25, 0.3) is 5.91 Å². The van der Waals surface area contributed by atoms with Gasteiger partial charge >= 0.3 is 0 Å². The summed E-state index contributed by atoms with van der Waals surface area (Å²) in [5, 5.41) is 0. The summed E-state index contributed by atoms with van der Waals surface area (Å²) in [4.78, 5) is 14.4. The lowest BCUT2D eigenvalue weighted by Gasteiger charge is -2.24. The monoisotopic (exact) mass is 394 g/mol. The van der Waals surface area contributed by atoms with E-state index in [2.05, 4.69) is 40.2 Å². The zero-order valence-electron chi connectivity index (χ0n) is 13.0. The molecule has 1 saturated carbocycles. The van der Waals surface area contributed by atoms with Crippen LogP contribution >= 0.6 is 28.3 Å². The molecule has 0 heterocycles. The molecule has 1 fully saturated rings. The maximum Gasteiger partial charge on any atom is 0.253 e. The van der Waals surface area contributed by atoms with Crippen molar-refractivity contribution in [1.29, 1.82) is 0 Å². The molecule has 0 aromatic heterocycles. The molecule has 0 saturated heterocycles. The van der Waals surface area contributed by atoms with E-state index in [4.69, 9.17) is 5.73 Å². The normalized spacial score (nSPS) is 14.7. The first-order valence-electron chi connectivity index (χ1n) is 7.37. The molecule has 0 aliphatic heterocycles. The van der Waals surface area contributed by atoms with Gasteiger partial charge in [-0.15, -0.1) is 12.4 Å². The van der Waals surface area contributed by atoms with Gasteiger partial charge in [-0.3, -0.25) is 4.79 Å². The van der Waals surface area contributed by atoms with Crippen molar-refractivity contribution >= 4 is 39.9 Å². The van der Waals surface area contributed by atoms with Gasteiger partial charge in [-0.05, 0) is 48.7 Å². The Labute approximate surface area is 151 Å². The van der Waals surface area contributed by atoms with Crippen LogP contribution in [0, 0.1) is 0 Å². The van der Waals surface area contributed by atoms with E-state index in [9.17, 15) is 4.79 Å². The Morgan fingerprint density at radius 2 is 1.87 bits per heavy atom. The third-order valence-corrected chi connectivity index (χ3v) is 4.86. The van der Waals surface area contributed by atoms with E-state index in [-0.39, 0.29) is 23.7 Å². The van der Waals surface area contributed by atoms with Crippen LogP contribution in [0.3, 0.4) is 0 Å². The van der Waals surface area contributed by atoms with Crippen molar-refractivity contribution in [2.75, 3.05) is 19.3 Å². The average Bonchev–Trinajstić information content (AvgIpc) is 3.27. The Hall–Kier alpha value is -1.52. The number of halogens is 2. The van der Waals surface area contributed by atoms with E-state index in [1.165, 1.54) is 5.56 Å². The fraction of sp³-hybridized carbons (Fsp3) is 0.278. The van der Waals surface area contributed by atoms with Crippen LogP contribution in [0.2, 0.25) is 0 Å². The predicted molar refractivity (Wildman–Crippen MR) is 100 cm³/mol. The second-order valence-electron chi connectivity index (χ2n) is 6.07. The quantitative estimate of drug-likeness (QED) is 0.786. The predicted octanol–water partition coefficient (Wildman–Crippen LogP) is 4.26. The molecule has 2 N–H and O–H groups in total. The summed E-state index contributed by atoms with van der Waals surface area (Å²) in [5.74, 6) is 0.0238. The first kappa shape index (κ1) is 17.8. The van der Waals surface area contributed by atoms with E-state index in [0.717, 1.165) is 23.9 Å². The smallest absolute Gasteiger partial charge is 0.253 e. The van der Waals surface area contributed by atoms with Crippen molar-refractivity contribution in [3.63, 3.8) is 0 Å². The fourth-order valence-electron chi connectivity index (χ4n) is 2.91. The number of benzene rings is 2. The van der Waals surface area contributed by atoms with Crippen LogP contribution in [0.15, 0.2) is 53.0 Å². The first-order chi connectivity index (χ1) is 10.5. The van der Waals surface area contributed by atoms with E-state index >= 15 is 0 Å². The average molecular weight is 396 g/mol. The lowest BCUT2D eigenvalue weighted by molar-refractivity contribution is 0.0781. The summed E-state index contributed by atoms with van der Waals surface area (Å²) < 4.78 is 1.08. The van der Waals surface area contributed by atoms with Crippen molar-refractivity contribution in [3.05, 3.63) is 64.1 Å². The molecule has 122 valence electrons. The van der Waals surface area contributed by atoms with Crippen molar-refractivity contribution in [3.8, 4) is 0 Å². The standard InChI is InChI=1S/C18H19BrN2O.ClH/c1-21(17(22)13-3-2-4-16(20)11-13)12-18(9-10-18)14-5-7-15(19)8-6-14;/h2-8,11H,9-10,12,20H2,1H3;1H. The summed E-state index contributed by atoms with van der Waals surface area (Å²) in [6.07, 6.45) is 2.26. The minimum atomic E-state index is 0. The minimum Gasteiger partial charge on any atom is -0.399 e. The molecule has 0 spiro atoms. The molecular weight excluding hydrogens is 376 g/mol. The van der Waals surface area contributed by atoms with Crippen LogP contribution in [-0.4, -0.2) is 24.4 Å². The number of carbonyl (C=O) groups excluding carboxylic acids is 1. The van der Waals surface area contributed by atoms with Gasteiger partial charge in [-0.2, -0.15) is 0 Å². The first-order valence-corrected chi connectivity index (χ1v) is 8.17. The zero-order chi connectivity index (χ0) is 15.7. The lowest BCUT2D eigenvalue weighted by atomic mass is 9.95. The molecule has 0 unspecified atom stereocenters. The van der Waals surface area contributed by atoms with E-state index < -0.39 is 0 Å². The molecule has 2 aromatic carbocycles. The number of anilines is 1. The number of hydrogen-bond acceptors (Lipinski definition) is 2. The van der Waals surface area contributed by atoms with Gasteiger partial charge in [0.05, 0.1) is 0 Å². The number of amides is 1. The fourth-order valence-corrected chi connectivity index (χ4v) is 3.17. The van der Waals surface area contributed by atoms with Gasteiger partial charge < -0.3 is 10.6 Å². The van der Waals surface area contributed by atoms with Gasteiger partial charge in [-0.1, -0.05) is 34.1 Å². The number of nitrogen functional groups attached to an aromatic ring is 1. The van der Waals surface area contributed by atoms with Gasteiger partial charge in [0.15, 0.2) is 0 Å². The number of hydrogen-bond donors (Lipinski definition) is 1. The zero-order valence-corrected chi connectivity index (χ0v) is 15.4. The van der Waals surface area contributed by atoms with Crippen LogP contribution in [-0.2, 0) is 5.41 Å². The highest BCUT2D eigenvalue weighted by Gasteiger charge is 2.45. The van der Waals surface area contributed by atoms with Crippen molar-refractivity contribution in [2.24, 2.45) is 0 Å². The highest BCUT2D eigenvalue weighted by Crippen LogP contribution is 2.48. The molecule has 0 bridgehead atoms. The maximum absolute atomic E-state index is 12.6. The summed E-state index contributed by atoms with van der Waals surface area (Å²) in [6.45, 7) is 0.738. The summed E-state index contributed by atoms with van der Waals surface area (Å²) in [7, 11) is 1.87. The number of rotatable bonds is 4. The van der Waals surface area contributed by atoms with Crippen molar-refractivity contribution in [1.82, 2.24) is 4.90 Å². The Balaban J connectivity index is 0.00000192. The molecule has 1 aliphatic rings. The molecule has 3 nitrogen and oxygen atoms in total. The molecular formula is C18H20BrClN2O. The topological polar surface area (TPSA) is 46.3 Å². The maximum atomic E-state index is 12.6. The molecule has 1 aliphatic carbocycles. The van der Waals surface area contributed by atoms with Crippen LogP contribution < -0.4 is 5.73 Å². The number of carbonyl (C=O) groups is 1. The lowest BCUT2D eigenvalue weighted by Crippen LogP contribution is -2.34. The number of nitrogens with two attached hydrogens (primary N) is 1. The van der Waals surface area contributed by atoms with E-state index in [1.807, 2.05) is 24.1 Å². The largest absolute Gasteiger partial charge is 0.399 e. The van der Waals surface area contributed by atoms with Crippen LogP contribution in [0.1, 0.15) is 28.8 Å². The van der Waals surface area contributed by atoms with Gasteiger partial charge in [-0.25, -0.2) is 0 Å². The molecule has 1 amide bonds. The third kappa shape index (κ3) is 3.88. The van der Waals surface area contributed by atoms with Gasteiger partial charge in [0.1, 0.15) is 0 Å². The number of nitrogens with zero attached hydrogens (tertiary/aromatic N) is 1. The third-order valence-electron chi connectivity index (χ3n) is 4.33. The van der Waals surface area contributed by atoms with Crippen LogP contribution in [0.25, 0.3) is 0 Å². The van der Waals surface area contributed by atoms with E-state index in [1.54, 1.807) is 12.1 Å². The second kappa shape index (κ2) is 6.93. The molecule has 2 aromatic rings. The summed E-state index contributed by atoms with van der Waals surface area (Å²) >= 11 is 3.47. The highest BCUT2D eigenvalue weighted by molar-refractivity contribution is 9.10. The van der Waals surface area contributed by atoms with Gasteiger partial charge in [0.2, 0.25) is 0 Å². The van der Waals surface area contributed by atoms with Crippen molar-refractivity contribution in [2.45, 2.75) is 18.3 Å². The van der Waals surface area contributed by atoms with Gasteiger partial charge in [0, 0.05) is 34.7 Å². The SMILES string of the molecule is CN(CC1(c2ccc(Br)cc2)CC1)C(=O)c1cccc(N)c1.Cl. The molecule has 0 radical (unpaired) electrons. The molecule has 23 heavy (non-hydrogen) atoms. The van der Waals surface area contributed by atoms with Crippen LogP contribution in [0.4, 0.5) is 5.69 Å². The summed E-state index contributed by atoms with van der Waals surface area (Å²) in [6, 6.07) is 15.6. The minimum absolute atomic E-state index is 0. The van der Waals surface area contributed by atoms with E-state index in [0.29, 0.717) is 11.3 Å². The highest BCUT2D eigenvalue weighted by atomic mass is 79.9. The Morgan fingerprint density at radius 1 is 1.22 bits per heavy atom. The summed E-state index contributed by atoms with van der Waals surface area (Å²) in [5.41, 5.74) is 8.46. The molecule has 3 rings (SSSR count). The Kier molecular flexibility index (Phi) is 5.37.